The van der Waals surface area contributed by atoms with E-state index in [0.29, 0.717) is 16.1 Å². The van der Waals surface area contributed by atoms with Gasteiger partial charge in [-0.2, -0.15) is 0 Å². The van der Waals surface area contributed by atoms with E-state index in [9.17, 15) is 9.59 Å². The Morgan fingerprint density at radius 2 is 2.00 bits per heavy atom. The highest BCUT2D eigenvalue weighted by atomic mass is 35.5. The third kappa shape index (κ3) is 1.65. The molecular formula is C11H11ClN2O2. The van der Waals surface area contributed by atoms with Gasteiger partial charge in [0.25, 0.3) is 0 Å². The van der Waals surface area contributed by atoms with E-state index in [1.54, 1.807) is 18.2 Å². The second kappa shape index (κ2) is 3.79. The summed E-state index contributed by atoms with van der Waals surface area (Å²) in [7, 11) is 0. The van der Waals surface area contributed by atoms with Crippen LogP contribution in [0.15, 0.2) is 27.8 Å². The maximum Gasteiger partial charge on any atom is 0.316 e. The average molecular weight is 239 g/mol. The van der Waals surface area contributed by atoms with Crippen LogP contribution in [0, 0.1) is 0 Å². The summed E-state index contributed by atoms with van der Waals surface area (Å²) in [5, 5.41) is 0.525. The summed E-state index contributed by atoms with van der Waals surface area (Å²) >= 11 is 5.83. The van der Waals surface area contributed by atoms with Gasteiger partial charge in [-0.1, -0.05) is 11.6 Å². The van der Waals surface area contributed by atoms with Gasteiger partial charge in [0, 0.05) is 11.1 Å². The van der Waals surface area contributed by atoms with Gasteiger partial charge in [0.05, 0.1) is 11.0 Å². The highest BCUT2D eigenvalue weighted by Crippen LogP contribution is 2.17. The van der Waals surface area contributed by atoms with Crippen LogP contribution < -0.4 is 11.1 Å². The fourth-order valence-electron chi connectivity index (χ4n) is 1.73. The monoisotopic (exact) mass is 238 g/mol. The van der Waals surface area contributed by atoms with Crippen LogP contribution in [0.3, 0.4) is 0 Å². The van der Waals surface area contributed by atoms with Crippen LogP contribution in [0.5, 0.6) is 0 Å². The second-order valence-corrected chi connectivity index (χ2v) is 4.32. The van der Waals surface area contributed by atoms with Gasteiger partial charge in [0.15, 0.2) is 0 Å². The molecular weight excluding hydrogens is 228 g/mol. The number of hydrogen-bond acceptors (Lipinski definition) is 2. The average Bonchev–Trinajstić information content (AvgIpc) is 2.19. The van der Waals surface area contributed by atoms with E-state index < -0.39 is 11.1 Å². The Kier molecular flexibility index (Phi) is 2.59. The molecule has 0 saturated heterocycles. The minimum atomic E-state index is -0.622. The van der Waals surface area contributed by atoms with Gasteiger partial charge in [-0.05, 0) is 32.0 Å². The molecule has 16 heavy (non-hydrogen) atoms. The Morgan fingerprint density at radius 1 is 1.31 bits per heavy atom. The molecule has 84 valence electrons. The van der Waals surface area contributed by atoms with Crippen LogP contribution in [0.1, 0.15) is 19.9 Å². The van der Waals surface area contributed by atoms with E-state index in [4.69, 9.17) is 11.6 Å². The number of aromatic amines is 1. The second-order valence-electron chi connectivity index (χ2n) is 3.88. The molecule has 1 heterocycles. The summed E-state index contributed by atoms with van der Waals surface area (Å²) < 4.78 is 1.46. The molecule has 1 aromatic carbocycles. The SMILES string of the molecule is CC(C)n1c(=O)c(=O)[nH]c2cc(Cl)ccc21. The van der Waals surface area contributed by atoms with Crippen molar-refractivity contribution in [1.82, 2.24) is 9.55 Å². The molecule has 0 spiro atoms. The molecule has 0 atom stereocenters. The van der Waals surface area contributed by atoms with Crippen molar-refractivity contribution in [3.05, 3.63) is 43.9 Å². The Bertz CT molecular complexity index is 655. The number of rotatable bonds is 1. The zero-order valence-electron chi connectivity index (χ0n) is 8.95. The summed E-state index contributed by atoms with van der Waals surface area (Å²) in [4.78, 5) is 25.7. The summed E-state index contributed by atoms with van der Waals surface area (Å²) in [5.41, 5.74) is 0.100. The van der Waals surface area contributed by atoms with Crippen molar-refractivity contribution in [2.45, 2.75) is 19.9 Å². The van der Waals surface area contributed by atoms with Crippen molar-refractivity contribution in [2.75, 3.05) is 0 Å². The van der Waals surface area contributed by atoms with E-state index in [-0.39, 0.29) is 6.04 Å². The van der Waals surface area contributed by atoms with Crippen LogP contribution in [-0.2, 0) is 0 Å². The Hall–Kier alpha value is -1.55. The molecule has 0 bridgehead atoms. The number of benzene rings is 1. The fraction of sp³-hybridized carbons (Fsp3) is 0.273. The number of halogens is 1. The van der Waals surface area contributed by atoms with Crippen LogP contribution in [0.4, 0.5) is 0 Å². The van der Waals surface area contributed by atoms with E-state index in [0.717, 1.165) is 0 Å². The molecule has 0 aliphatic heterocycles. The highest BCUT2D eigenvalue weighted by molar-refractivity contribution is 6.31. The van der Waals surface area contributed by atoms with Crippen molar-refractivity contribution in [3.8, 4) is 0 Å². The smallest absolute Gasteiger partial charge is 0.316 e. The van der Waals surface area contributed by atoms with Crippen molar-refractivity contribution in [3.63, 3.8) is 0 Å². The zero-order valence-corrected chi connectivity index (χ0v) is 9.71. The van der Waals surface area contributed by atoms with Crippen molar-refractivity contribution in [2.24, 2.45) is 0 Å². The number of nitrogens with one attached hydrogen (secondary N) is 1. The molecule has 5 heteroatoms. The van der Waals surface area contributed by atoms with Gasteiger partial charge >= 0.3 is 11.1 Å². The van der Waals surface area contributed by atoms with E-state index in [1.165, 1.54) is 4.57 Å². The van der Waals surface area contributed by atoms with Gasteiger partial charge in [-0.3, -0.25) is 14.2 Å². The Balaban J connectivity index is 3.01. The molecule has 0 aliphatic rings. The lowest BCUT2D eigenvalue weighted by Crippen LogP contribution is -2.37. The summed E-state index contributed by atoms with van der Waals surface area (Å²) in [6.07, 6.45) is 0. The van der Waals surface area contributed by atoms with Crippen LogP contribution in [0.25, 0.3) is 11.0 Å². The van der Waals surface area contributed by atoms with Crippen LogP contribution in [0.2, 0.25) is 5.02 Å². The molecule has 0 unspecified atom stereocenters. The first-order chi connectivity index (χ1) is 7.50. The van der Waals surface area contributed by atoms with Gasteiger partial charge < -0.3 is 4.98 Å². The third-order valence-electron chi connectivity index (χ3n) is 2.40. The minimum absolute atomic E-state index is 0.0709. The topological polar surface area (TPSA) is 54.9 Å². The maximum atomic E-state index is 11.7. The van der Waals surface area contributed by atoms with Crippen molar-refractivity contribution >= 4 is 22.6 Å². The molecule has 0 saturated carbocycles. The number of H-pyrrole nitrogens is 1. The molecule has 2 aromatic rings. The standard InChI is InChI=1S/C11H11ClN2O2/c1-6(2)14-9-4-3-7(12)5-8(9)13-10(15)11(14)16/h3-6H,1-2H3,(H,13,15). The van der Waals surface area contributed by atoms with E-state index in [1.807, 2.05) is 13.8 Å². The number of hydrogen-bond donors (Lipinski definition) is 1. The predicted octanol–water partition coefficient (Wildman–Crippen LogP) is 1.92. The molecule has 2 rings (SSSR count). The minimum Gasteiger partial charge on any atom is -0.316 e. The number of aromatic nitrogens is 2. The molecule has 0 fully saturated rings. The first-order valence-electron chi connectivity index (χ1n) is 4.95. The van der Waals surface area contributed by atoms with Gasteiger partial charge in [-0.25, -0.2) is 0 Å². The normalized spacial score (nSPS) is 11.2. The lowest BCUT2D eigenvalue weighted by Gasteiger charge is -2.12. The lowest BCUT2D eigenvalue weighted by molar-refractivity contribution is 0.593. The van der Waals surface area contributed by atoms with E-state index >= 15 is 0 Å². The number of nitrogens with zero attached hydrogens (tertiary/aromatic N) is 1. The molecule has 0 amide bonds. The lowest BCUT2D eigenvalue weighted by atomic mass is 10.2. The highest BCUT2D eigenvalue weighted by Gasteiger charge is 2.10. The molecule has 1 aromatic heterocycles. The third-order valence-corrected chi connectivity index (χ3v) is 2.63. The molecule has 4 nitrogen and oxygen atoms in total. The summed E-state index contributed by atoms with van der Waals surface area (Å²) in [6.45, 7) is 3.71. The zero-order chi connectivity index (χ0) is 11.9. The molecule has 0 aliphatic carbocycles. The largest absolute Gasteiger partial charge is 0.316 e. The molecule has 1 N–H and O–H groups in total. The van der Waals surface area contributed by atoms with Crippen LogP contribution in [-0.4, -0.2) is 9.55 Å². The Morgan fingerprint density at radius 3 is 2.62 bits per heavy atom. The summed E-state index contributed by atoms with van der Waals surface area (Å²) in [5.74, 6) is 0. The van der Waals surface area contributed by atoms with Crippen molar-refractivity contribution in [1.29, 1.82) is 0 Å². The van der Waals surface area contributed by atoms with Gasteiger partial charge in [-0.15, -0.1) is 0 Å². The summed E-state index contributed by atoms with van der Waals surface area (Å²) in [6, 6.07) is 4.99. The number of fused-ring (bicyclic) bond motifs is 1. The quantitative estimate of drug-likeness (QED) is 0.772. The van der Waals surface area contributed by atoms with Crippen molar-refractivity contribution < 1.29 is 0 Å². The first-order valence-corrected chi connectivity index (χ1v) is 5.32. The van der Waals surface area contributed by atoms with E-state index in [2.05, 4.69) is 4.98 Å². The fourth-order valence-corrected chi connectivity index (χ4v) is 1.90. The maximum absolute atomic E-state index is 11.7. The first kappa shape index (κ1) is 11.0. The predicted molar refractivity (Wildman–Crippen MR) is 64.2 cm³/mol. The van der Waals surface area contributed by atoms with Crippen LogP contribution >= 0.6 is 11.6 Å². The van der Waals surface area contributed by atoms with Gasteiger partial charge in [0.2, 0.25) is 0 Å². The van der Waals surface area contributed by atoms with Gasteiger partial charge in [0.1, 0.15) is 0 Å². The Labute approximate surface area is 96.5 Å². The molecule has 0 radical (unpaired) electrons.